The third-order valence-corrected chi connectivity index (χ3v) is 7.22. The van der Waals surface area contributed by atoms with Gasteiger partial charge < -0.3 is 14.2 Å². The molecule has 0 saturated heterocycles. The molecule has 2 unspecified atom stereocenters. The quantitative estimate of drug-likeness (QED) is 0.421. The number of hydrogen-bond donors (Lipinski definition) is 0. The standard InChI is InChI=1S/C22H24ClNO4/c1-26-17-4-3-13(7-18(17)27-2)6-16-19(25)28-20(24-16)21-8-14-5-15(9-21)11-22(23,10-14)12-21/h3-4,6-7,14-15H,5,8-12H2,1-2H3/b16-6-/t14-,15+,21?,22?. The van der Waals surface area contributed by atoms with E-state index in [-0.39, 0.29) is 16.3 Å². The van der Waals surface area contributed by atoms with Crippen molar-refractivity contribution in [2.24, 2.45) is 22.2 Å². The molecule has 0 N–H and O–H groups in total. The number of carbonyl (C=O) groups excluding carboxylic acids is 1. The van der Waals surface area contributed by atoms with Crippen LogP contribution in [0.3, 0.4) is 0 Å². The summed E-state index contributed by atoms with van der Waals surface area (Å²) in [7, 11) is 3.18. The number of alkyl halides is 1. The van der Waals surface area contributed by atoms with Crippen LogP contribution in [0.1, 0.15) is 44.1 Å². The molecule has 1 heterocycles. The Morgan fingerprint density at radius 3 is 2.50 bits per heavy atom. The predicted molar refractivity (Wildman–Crippen MR) is 107 cm³/mol. The van der Waals surface area contributed by atoms with E-state index in [0.29, 0.717) is 34.9 Å². The van der Waals surface area contributed by atoms with Crippen LogP contribution in [-0.2, 0) is 9.53 Å². The molecule has 1 aromatic carbocycles. The van der Waals surface area contributed by atoms with Crippen molar-refractivity contribution in [3.63, 3.8) is 0 Å². The summed E-state index contributed by atoms with van der Waals surface area (Å²) >= 11 is 6.93. The van der Waals surface area contributed by atoms with Gasteiger partial charge in [-0.05, 0) is 74.1 Å². The van der Waals surface area contributed by atoms with Crippen molar-refractivity contribution >= 4 is 29.5 Å². The van der Waals surface area contributed by atoms with E-state index in [0.717, 1.165) is 37.7 Å². The van der Waals surface area contributed by atoms with Crippen LogP contribution in [0.4, 0.5) is 0 Å². The zero-order valence-electron chi connectivity index (χ0n) is 16.2. The lowest BCUT2D eigenvalue weighted by molar-refractivity contribution is -0.131. The molecule has 4 fully saturated rings. The lowest BCUT2D eigenvalue weighted by Crippen LogP contribution is -2.56. The predicted octanol–water partition coefficient (Wildman–Crippen LogP) is 4.58. The number of cyclic esters (lactones) is 1. The Hall–Kier alpha value is -2.01. The molecule has 4 saturated carbocycles. The molecule has 0 spiro atoms. The van der Waals surface area contributed by atoms with E-state index in [1.807, 2.05) is 18.2 Å². The van der Waals surface area contributed by atoms with Crippen LogP contribution in [0, 0.1) is 17.3 Å². The molecule has 148 valence electrons. The monoisotopic (exact) mass is 401 g/mol. The maximum atomic E-state index is 12.5. The van der Waals surface area contributed by atoms with Crippen LogP contribution in [0.15, 0.2) is 28.9 Å². The maximum Gasteiger partial charge on any atom is 0.363 e. The van der Waals surface area contributed by atoms with Crippen molar-refractivity contribution in [3.8, 4) is 11.5 Å². The number of carbonyl (C=O) groups is 1. The molecular formula is C22H24ClNO4. The second kappa shape index (κ2) is 6.24. The summed E-state index contributed by atoms with van der Waals surface area (Å²) in [4.78, 5) is 17.1. The van der Waals surface area contributed by atoms with Gasteiger partial charge in [-0.2, -0.15) is 0 Å². The Morgan fingerprint density at radius 2 is 1.86 bits per heavy atom. The molecule has 5 aliphatic rings. The highest BCUT2D eigenvalue weighted by atomic mass is 35.5. The highest BCUT2D eigenvalue weighted by Crippen LogP contribution is 2.64. The number of halogens is 1. The minimum Gasteiger partial charge on any atom is -0.493 e. The second-order valence-corrected chi connectivity index (χ2v) is 9.64. The van der Waals surface area contributed by atoms with Crippen molar-refractivity contribution in [3.05, 3.63) is 29.5 Å². The van der Waals surface area contributed by atoms with Crippen molar-refractivity contribution < 1.29 is 19.0 Å². The molecule has 5 nitrogen and oxygen atoms in total. The molecule has 6 heteroatoms. The molecule has 28 heavy (non-hydrogen) atoms. The summed E-state index contributed by atoms with van der Waals surface area (Å²) in [5.74, 6) is 2.70. The zero-order valence-corrected chi connectivity index (χ0v) is 16.9. The van der Waals surface area contributed by atoms with Crippen molar-refractivity contribution in [2.45, 2.75) is 43.4 Å². The fourth-order valence-corrected chi connectivity index (χ4v) is 6.83. The largest absolute Gasteiger partial charge is 0.493 e. The minimum atomic E-state index is -0.385. The average Bonchev–Trinajstić information content (AvgIpc) is 3.01. The fourth-order valence-electron chi connectivity index (χ4n) is 6.14. The van der Waals surface area contributed by atoms with Gasteiger partial charge in [-0.1, -0.05) is 6.07 Å². The smallest absolute Gasteiger partial charge is 0.363 e. The van der Waals surface area contributed by atoms with Crippen molar-refractivity contribution in [2.75, 3.05) is 14.2 Å². The number of ether oxygens (including phenoxy) is 3. The number of benzene rings is 1. The van der Waals surface area contributed by atoms with Gasteiger partial charge in [0.2, 0.25) is 5.90 Å². The normalized spacial score (nSPS) is 37.2. The van der Waals surface area contributed by atoms with E-state index in [2.05, 4.69) is 4.99 Å². The summed E-state index contributed by atoms with van der Waals surface area (Å²) in [5.41, 5.74) is 0.977. The van der Waals surface area contributed by atoms with Gasteiger partial charge in [0, 0.05) is 10.3 Å². The number of aliphatic imine (C=N–C) groups is 1. The molecule has 6 rings (SSSR count). The Labute approximate surface area is 169 Å². The van der Waals surface area contributed by atoms with E-state index in [9.17, 15) is 4.79 Å². The molecule has 4 atom stereocenters. The molecule has 0 aromatic heterocycles. The summed E-state index contributed by atoms with van der Waals surface area (Å²) in [5, 5.41) is 0. The lowest BCUT2D eigenvalue weighted by Gasteiger charge is -2.59. The summed E-state index contributed by atoms with van der Waals surface area (Å²) in [6, 6.07) is 5.51. The van der Waals surface area contributed by atoms with Gasteiger partial charge in [0.05, 0.1) is 14.2 Å². The highest BCUT2D eigenvalue weighted by molar-refractivity contribution is 6.24. The van der Waals surface area contributed by atoms with Gasteiger partial charge in [0.1, 0.15) is 0 Å². The van der Waals surface area contributed by atoms with Crippen LogP contribution in [0.2, 0.25) is 0 Å². The first-order valence-corrected chi connectivity index (χ1v) is 10.2. The molecule has 0 radical (unpaired) electrons. The number of nitrogens with zero attached hydrogens (tertiary/aromatic N) is 1. The topological polar surface area (TPSA) is 57.1 Å². The molecule has 4 bridgehead atoms. The van der Waals surface area contributed by atoms with E-state index in [4.69, 9.17) is 25.8 Å². The van der Waals surface area contributed by atoms with Gasteiger partial charge >= 0.3 is 5.97 Å². The van der Waals surface area contributed by atoms with E-state index in [1.165, 1.54) is 6.42 Å². The number of methoxy groups -OCH3 is 2. The van der Waals surface area contributed by atoms with Crippen LogP contribution in [0.5, 0.6) is 11.5 Å². The van der Waals surface area contributed by atoms with Crippen LogP contribution < -0.4 is 9.47 Å². The average molecular weight is 402 g/mol. The van der Waals surface area contributed by atoms with Crippen LogP contribution >= 0.6 is 11.6 Å². The van der Waals surface area contributed by atoms with Gasteiger partial charge in [-0.25, -0.2) is 9.79 Å². The first kappa shape index (κ1) is 18.0. The fraction of sp³-hybridized carbons (Fsp3) is 0.545. The Balaban J connectivity index is 1.47. The summed E-state index contributed by atoms with van der Waals surface area (Å²) in [6.07, 6.45) is 8.11. The van der Waals surface area contributed by atoms with Crippen LogP contribution in [0.25, 0.3) is 6.08 Å². The molecule has 1 aliphatic heterocycles. The number of rotatable bonds is 4. The number of hydrogen-bond acceptors (Lipinski definition) is 5. The third kappa shape index (κ3) is 2.83. The third-order valence-electron chi connectivity index (χ3n) is 6.77. The van der Waals surface area contributed by atoms with E-state index >= 15 is 0 Å². The first-order chi connectivity index (χ1) is 13.4. The molecule has 0 amide bonds. The van der Waals surface area contributed by atoms with E-state index in [1.54, 1.807) is 20.3 Å². The van der Waals surface area contributed by atoms with Crippen molar-refractivity contribution in [1.29, 1.82) is 0 Å². The molecule has 4 aliphatic carbocycles. The Morgan fingerprint density at radius 1 is 1.14 bits per heavy atom. The number of esters is 1. The van der Waals surface area contributed by atoms with Gasteiger partial charge in [-0.3, -0.25) is 0 Å². The highest BCUT2D eigenvalue weighted by Gasteiger charge is 2.60. The second-order valence-electron chi connectivity index (χ2n) is 8.84. The van der Waals surface area contributed by atoms with Crippen LogP contribution in [-0.4, -0.2) is 31.0 Å². The van der Waals surface area contributed by atoms with Crippen molar-refractivity contribution in [1.82, 2.24) is 0 Å². The maximum absolute atomic E-state index is 12.5. The van der Waals surface area contributed by atoms with Gasteiger partial charge in [-0.15, -0.1) is 11.6 Å². The van der Waals surface area contributed by atoms with E-state index < -0.39 is 0 Å². The van der Waals surface area contributed by atoms with Gasteiger partial charge in [0.15, 0.2) is 17.2 Å². The Bertz CT molecular complexity index is 892. The zero-order chi connectivity index (χ0) is 19.5. The Kier molecular flexibility index (Phi) is 4.02. The lowest BCUT2D eigenvalue weighted by atomic mass is 9.49. The molecular weight excluding hydrogens is 378 g/mol. The minimum absolute atomic E-state index is 0.144. The van der Waals surface area contributed by atoms with Gasteiger partial charge in [0.25, 0.3) is 0 Å². The summed E-state index contributed by atoms with van der Waals surface area (Å²) in [6.45, 7) is 0. The SMILES string of the molecule is COc1ccc(/C=C2\N=C(C34C[C@@H]5C[C@@H](CC(Cl)(C5)C3)C4)OC2=O)cc1OC. The molecule has 1 aromatic rings. The summed E-state index contributed by atoms with van der Waals surface area (Å²) < 4.78 is 16.3. The first-order valence-electron chi connectivity index (χ1n) is 9.86.